The highest BCUT2D eigenvalue weighted by Gasteiger charge is 1.97. The van der Waals surface area contributed by atoms with Crippen LogP contribution in [0.3, 0.4) is 0 Å². The van der Waals surface area contributed by atoms with E-state index in [9.17, 15) is 0 Å². The van der Waals surface area contributed by atoms with Gasteiger partial charge in [-0.1, -0.05) is 0 Å². The molecule has 0 saturated heterocycles. The van der Waals surface area contributed by atoms with Gasteiger partial charge in [-0.25, -0.2) is 9.97 Å². The summed E-state index contributed by atoms with van der Waals surface area (Å²) >= 11 is 9.56. The van der Waals surface area contributed by atoms with E-state index in [1.165, 1.54) is 0 Å². The fourth-order valence-electron chi connectivity index (χ4n) is 0.332. The van der Waals surface area contributed by atoms with E-state index in [1.807, 2.05) is 0 Å². The van der Waals surface area contributed by atoms with E-state index in [2.05, 4.69) is 57.8 Å². The molecule has 0 aliphatic carbocycles. The largest absolute Gasteiger partial charge is 0.244 e. The highest BCUT2D eigenvalue weighted by molar-refractivity contribution is 9.13. The summed E-state index contributed by atoms with van der Waals surface area (Å²) in [4.78, 5) is 7.94. The Balaban J connectivity index is 3.17. The summed E-state index contributed by atoms with van der Waals surface area (Å²) in [6.45, 7) is 0. The van der Waals surface area contributed by atoms with Crippen LogP contribution in [0, 0.1) is 0 Å². The Kier molecular flexibility index (Phi) is 2.60. The van der Waals surface area contributed by atoms with Gasteiger partial charge in [0.1, 0.15) is 13.8 Å². The maximum Gasteiger partial charge on any atom is 0.140 e. The van der Waals surface area contributed by atoms with Crippen molar-refractivity contribution in [3.05, 3.63) is 20.0 Å². The number of halogens is 3. The molecule has 0 bridgehead atoms. The van der Waals surface area contributed by atoms with Crippen molar-refractivity contribution >= 4 is 47.8 Å². The van der Waals surface area contributed by atoms with Gasteiger partial charge in [-0.3, -0.25) is 0 Å². The van der Waals surface area contributed by atoms with Crippen LogP contribution in [0.25, 0.3) is 0 Å². The summed E-state index contributed by atoms with van der Waals surface area (Å²) in [6.07, 6.45) is 1.62. The molecule has 0 N–H and O–H groups in total. The molecule has 0 aliphatic heterocycles. The van der Waals surface area contributed by atoms with Gasteiger partial charge < -0.3 is 0 Å². The monoisotopic (exact) mass is 314 g/mol. The number of hydrogen-bond acceptors (Lipinski definition) is 2. The van der Waals surface area contributed by atoms with Crippen LogP contribution in [-0.2, 0) is 0 Å². The first-order valence-electron chi connectivity index (χ1n) is 2.03. The third kappa shape index (κ3) is 1.98. The van der Waals surface area contributed by atoms with Crippen LogP contribution in [0.4, 0.5) is 0 Å². The third-order valence-electron chi connectivity index (χ3n) is 0.660. The second-order valence-corrected chi connectivity index (χ2v) is 3.59. The molecule has 2 nitrogen and oxygen atoms in total. The molecule has 0 atom stereocenters. The first-order chi connectivity index (χ1) is 4.20. The van der Waals surface area contributed by atoms with Crippen LogP contribution in [-0.4, -0.2) is 9.97 Å². The van der Waals surface area contributed by atoms with Crippen LogP contribution in [0.15, 0.2) is 20.0 Å². The van der Waals surface area contributed by atoms with Gasteiger partial charge in [0.2, 0.25) is 0 Å². The Bertz CT molecular complexity index is 225. The normalized spacial score (nSPS) is 9.67. The zero-order chi connectivity index (χ0) is 6.85. The molecule has 0 spiro atoms. The number of aromatic nitrogens is 2. The van der Waals surface area contributed by atoms with Crippen molar-refractivity contribution in [2.24, 2.45) is 0 Å². The predicted octanol–water partition coefficient (Wildman–Crippen LogP) is 2.76. The minimum absolute atomic E-state index is 0.705. The summed E-state index contributed by atoms with van der Waals surface area (Å²) in [5.41, 5.74) is 0. The highest BCUT2D eigenvalue weighted by atomic mass is 79.9. The van der Waals surface area contributed by atoms with Gasteiger partial charge in [0.25, 0.3) is 0 Å². The molecule has 0 unspecified atom stereocenters. The van der Waals surface area contributed by atoms with Gasteiger partial charge in [0, 0.05) is 0 Å². The topological polar surface area (TPSA) is 25.8 Å². The Labute approximate surface area is 77.5 Å². The average molecular weight is 317 g/mol. The van der Waals surface area contributed by atoms with Crippen molar-refractivity contribution in [3.8, 4) is 0 Å². The Hall–Kier alpha value is 0.520. The van der Waals surface area contributed by atoms with E-state index in [4.69, 9.17) is 0 Å². The minimum Gasteiger partial charge on any atom is -0.244 e. The van der Waals surface area contributed by atoms with Crippen molar-refractivity contribution < 1.29 is 0 Å². The molecule has 1 heterocycles. The van der Waals surface area contributed by atoms with Crippen molar-refractivity contribution in [1.82, 2.24) is 9.97 Å². The smallest absolute Gasteiger partial charge is 0.140 e. The molecule has 0 saturated carbocycles. The maximum atomic E-state index is 4.00. The number of rotatable bonds is 0. The van der Waals surface area contributed by atoms with Crippen LogP contribution in [0.1, 0.15) is 0 Å². The molecule has 48 valence electrons. The van der Waals surface area contributed by atoms with E-state index >= 15 is 0 Å². The third-order valence-corrected chi connectivity index (χ3v) is 2.71. The molecule has 1 aromatic rings. The molecule has 1 aromatic heterocycles. The van der Waals surface area contributed by atoms with Crippen LogP contribution in [0.5, 0.6) is 0 Å². The zero-order valence-electron chi connectivity index (χ0n) is 4.11. The second-order valence-electron chi connectivity index (χ2n) is 1.27. The average Bonchev–Trinajstić information content (AvgIpc) is 1.80. The van der Waals surface area contributed by atoms with E-state index in [0.29, 0.717) is 9.21 Å². The molecule has 0 radical (unpaired) electrons. The second kappa shape index (κ2) is 3.07. The lowest BCUT2D eigenvalue weighted by Gasteiger charge is -1.91. The molecular formula is C4HBr3N2. The fourth-order valence-corrected chi connectivity index (χ4v) is 1.33. The summed E-state index contributed by atoms with van der Waals surface area (Å²) < 4.78 is 2.14. The van der Waals surface area contributed by atoms with Gasteiger partial charge in [0.05, 0.1) is 6.20 Å². The quantitative estimate of drug-likeness (QED) is 0.735. The summed E-state index contributed by atoms with van der Waals surface area (Å²) in [5.74, 6) is 0. The predicted molar refractivity (Wildman–Crippen MR) is 45.1 cm³/mol. The summed E-state index contributed by atoms with van der Waals surface area (Å²) in [7, 11) is 0. The SMILES string of the molecule is Brc1cnc(Br)c(Br)n1. The van der Waals surface area contributed by atoms with E-state index in [-0.39, 0.29) is 0 Å². The van der Waals surface area contributed by atoms with Crippen LogP contribution < -0.4 is 0 Å². The van der Waals surface area contributed by atoms with Gasteiger partial charge in [-0.2, -0.15) is 0 Å². The fraction of sp³-hybridized carbons (Fsp3) is 0. The Morgan fingerprint density at radius 1 is 1.11 bits per heavy atom. The number of nitrogens with zero attached hydrogens (tertiary/aromatic N) is 2. The van der Waals surface area contributed by atoms with Crippen LogP contribution >= 0.6 is 47.8 Å². The number of hydrogen-bond donors (Lipinski definition) is 0. The summed E-state index contributed by atoms with van der Waals surface area (Å²) in [5, 5.41) is 0. The van der Waals surface area contributed by atoms with E-state index in [1.54, 1.807) is 6.20 Å². The molecule has 0 fully saturated rings. The Morgan fingerprint density at radius 3 is 2.22 bits per heavy atom. The minimum atomic E-state index is 0.705. The van der Waals surface area contributed by atoms with Crippen molar-refractivity contribution in [3.63, 3.8) is 0 Å². The standard InChI is InChI=1S/C4HBr3N2/c5-2-1-8-3(6)4(7)9-2/h1H. The lowest BCUT2D eigenvalue weighted by atomic mass is 10.8. The lowest BCUT2D eigenvalue weighted by Crippen LogP contribution is -1.82. The molecule has 0 aliphatic rings. The first kappa shape index (κ1) is 7.63. The zero-order valence-corrected chi connectivity index (χ0v) is 8.86. The van der Waals surface area contributed by atoms with Gasteiger partial charge >= 0.3 is 0 Å². The van der Waals surface area contributed by atoms with Crippen molar-refractivity contribution in [2.75, 3.05) is 0 Å². The highest BCUT2D eigenvalue weighted by Crippen LogP contribution is 2.19. The Morgan fingerprint density at radius 2 is 1.78 bits per heavy atom. The molecule has 5 heteroatoms. The van der Waals surface area contributed by atoms with Crippen molar-refractivity contribution in [2.45, 2.75) is 0 Å². The van der Waals surface area contributed by atoms with Crippen LogP contribution in [0.2, 0.25) is 0 Å². The summed E-state index contributed by atoms with van der Waals surface area (Å²) in [6, 6.07) is 0. The maximum absolute atomic E-state index is 4.00. The van der Waals surface area contributed by atoms with E-state index in [0.717, 1.165) is 4.60 Å². The lowest BCUT2D eigenvalue weighted by molar-refractivity contribution is 1.10. The molecule has 1 rings (SSSR count). The van der Waals surface area contributed by atoms with Gasteiger partial charge in [0.15, 0.2) is 0 Å². The molecule has 0 amide bonds. The van der Waals surface area contributed by atoms with Gasteiger partial charge in [-0.15, -0.1) is 0 Å². The molecule has 9 heavy (non-hydrogen) atoms. The molecule has 0 aromatic carbocycles. The first-order valence-corrected chi connectivity index (χ1v) is 4.41. The molecular weight excluding hydrogens is 316 g/mol. The van der Waals surface area contributed by atoms with Crippen molar-refractivity contribution in [1.29, 1.82) is 0 Å². The van der Waals surface area contributed by atoms with Gasteiger partial charge in [-0.05, 0) is 47.8 Å². The van der Waals surface area contributed by atoms with E-state index < -0.39 is 0 Å².